The van der Waals surface area contributed by atoms with E-state index in [2.05, 4.69) is 36.2 Å². The molecule has 0 radical (unpaired) electrons. The van der Waals surface area contributed by atoms with E-state index in [1.165, 1.54) is 44.0 Å². The first-order chi connectivity index (χ1) is 13.3. The fourth-order valence-electron chi connectivity index (χ4n) is 2.80. The van der Waals surface area contributed by atoms with Crippen LogP contribution in [0.4, 0.5) is 5.69 Å². The molecule has 152 valence electrons. The summed E-state index contributed by atoms with van der Waals surface area (Å²) < 4.78 is 25.1. The van der Waals surface area contributed by atoms with Crippen LogP contribution < -0.4 is 10.2 Å². The van der Waals surface area contributed by atoms with Gasteiger partial charge < -0.3 is 10.2 Å². The molecule has 0 atom stereocenters. The van der Waals surface area contributed by atoms with Crippen molar-refractivity contribution in [2.24, 2.45) is 0 Å². The minimum absolute atomic E-state index is 0.0603. The number of anilines is 1. The zero-order chi connectivity index (χ0) is 20.7. The molecule has 0 saturated carbocycles. The Morgan fingerprint density at radius 1 is 1.11 bits per heavy atom. The number of hydroxylamine groups is 1. The van der Waals surface area contributed by atoms with Crippen molar-refractivity contribution in [2.45, 2.75) is 18.7 Å². The lowest BCUT2D eigenvalue weighted by Gasteiger charge is -2.25. The lowest BCUT2D eigenvalue weighted by molar-refractivity contribution is -0.0258. The van der Waals surface area contributed by atoms with Crippen LogP contribution in [0.1, 0.15) is 22.8 Å². The molecule has 2 aromatic carbocycles. The molecule has 0 aliphatic heterocycles. The number of rotatable bonds is 9. The van der Waals surface area contributed by atoms with Gasteiger partial charge in [0.2, 0.25) is 0 Å². The molecule has 0 aromatic heterocycles. The number of carbonyl (C=O) groups excluding carboxylic acids is 1. The normalized spacial score (nSPS) is 11.5. The Labute approximate surface area is 166 Å². The van der Waals surface area contributed by atoms with Crippen LogP contribution in [0.5, 0.6) is 0 Å². The number of benzene rings is 2. The fraction of sp³-hybridized carbons (Fsp3) is 0.350. The molecule has 1 amide bonds. The Kier molecular flexibility index (Phi) is 7.56. The van der Waals surface area contributed by atoms with E-state index >= 15 is 0 Å². The van der Waals surface area contributed by atoms with Gasteiger partial charge in [-0.15, -0.1) is 0 Å². The van der Waals surface area contributed by atoms with Crippen LogP contribution in [0.3, 0.4) is 0 Å². The van der Waals surface area contributed by atoms with Gasteiger partial charge in [-0.2, -0.15) is 0 Å². The summed E-state index contributed by atoms with van der Waals surface area (Å²) in [4.78, 5) is 19.4. The molecule has 0 bridgehead atoms. The highest BCUT2D eigenvalue weighted by atomic mass is 32.2. The van der Waals surface area contributed by atoms with Gasteiger partial charge in [-0.25, -0.2) is 8.42 Å². The van der Waals surface area contributed by atoms with Crippen molar-refractivity contribution in [3.63, 3.8) is 0 Å². The van der Waals surface area contributed by atoms with Gasteiger partial charge in [-0.1, -0.05) is 22.7 Å². The molecule has 7 nitrogen and oxygen atoms in total. The predicted molar refractivity (Wildman–Crippen MR) is 110 cm³/mol. The first-order valence-electron chi connectivity index (χ1n) is 9.03. The summed E-state index contributed by atoms with van der Waals surface area (Å²) in [6.45, 7) is 6.13. The third kappa shape index (κ3) is 5.09. The SMILES string of the molecule is CCN(CCNC(=O)c1ccc(S(=O)(=O)N(C)OC)cc1)c1ccccc1C. The molecule has 0 saturated heterocycles. The minimum atomic E-state index is -3.73. The summed E-state index contributed by atoms with van der Waals surface area (Å²) >= 11 is 0. The Morgan fingerprint density at radius 2 is 1.75 bits per heavy atom. The van der Waals surface area contributed by atoms with Crippen LogP contribution in [-0.2, 0) is 14.9 Å². The second-order valence-corrected chi connectivity index (χ2v) is 8.18. The van der Waals surface area contributed by atoms with E-state index in [0.717, 1.165) is 16.7 Å². The first-order valence-corrected chi connectivity index (χ1v) is 10.5. The zero-order valence-electron chi connectivity index (χ0n) is 16.7. The smallest absolute Gasteiger partial charge is 0.264 e. The Hall–Kier alpha value is -2.42. The molecule has 2 rings (SSSR count). The Morgan fingerprint density at radius 3 is 2.32 bits per heavy atom. The van der Waals surface area contributed by atoms with E-state index in [4.69, 9.17) is 4.84 Å². The highest BCUT2D eigenvalue weighted by molar-refractivity contribution is 7.89. The zero-order valence-corrected chi connectivity index (χ0v) is 17.5. The number of nitrogens with zero attached hydrogens (tertiary/aromatic N) is 2. The molecule has 0 unspecified atom stereocenters. The van der Waals surface area contributed by atoms with E-state index < -0.39 is 10.0 Å². The summed E-state index contributed by atoms with van der Waals surface area (Å²) in [5.41, 5.74) is 2.74. The Bertz CT molecular complexity index is 898. The lowest BCUT2D eigenvalue weighted by atomic mass is 10.2. The van der Waals surface area contributed by atoms with Gasteiger partial charge in [0.1, 0.15) is 0 Å². The third-order valence-electron chi connectivity index (χ3n) is 4.52. The predicted octanol–water partition coefficient (Wildman–Crippen LogP) is 2.43. The van der Waals surface area contributed by atoms with Gasteiger partial charge in [0.05, 0.1) is 12.0 Å². The topological polar surface area (TPSA) is 79.0 Å². The lowest BCUT2D eigenvalue weighted by Crippen LogP contribution is -2.35. The average Bonchev–Trinajstić information content (AvgIpc) is 2.71. The van der Waals surface area contributed by atoms with Crippen LogP contribution in [0.2, 0.25) is 0 Å². The van der Waals surface area contributed by atoms with E-state index in [1.54, 1.807) is 0 Å². The van der Waals surface area contributed by atoms with Gasteiger partial charge in [0.15, 0.2) is 0 Å². The fourth-order valence-corrected chi connectivity index (χ4v) is 3.77. The number of sulfonamides is 1. The number of carbonyl (C=O) groups is 1. The summed E-state index contributed by atoms with van der Waals surface area (Å²) in [6.07, 6.45) is 0. The van der Waals surface area contributed by atoms with Crippen LogP contribution in [0.15, 0.2) is 53.4 Å². The van der Waals surface area contributed by atoms with Crippen molar-refractivity contribution in [3.8, 4) is 0 Å². The maximum Gasteiger partial charge on any atom is 0.264 e. The van der Waals surface area contributed by atoms with E-state index in [0.29, 0.717) is 18.7 Å². The molecule has 28 heavy (non-hydrogen) atoms. The number of amides is 1. The standard InChI is InChI=1S/C20H27N3O4S/c1-5-23(19-9-7-6-8-16(19)2)15-14-21-20(24)17-10-12-18(13-11-17)28(25,26)22(3)27-4/h6-13H,5,14-15H2,1-4H3,(H,21,24). The molecule has 0 spiro atoms. The van der Waals surface area contributed by atoms with Crippen LogP contribution >= 0.6 is 0 Å². The second kappa shape index (κ2) is 9.68. The number of para-hydroxylation sites is 1. The quantitative estimate of drug-likeness (QED) is 0.648. The van der Waals surface area contributed by atoms with Gasteiger partial charge in [0, 0.05) is 37.9 Å². The summed E-state index contributed by atoms with van der Waals surface area (Å²) in [6, 6.07) is 13.9. The van der Waals surface area contributed by atoms with Gasteiger partial charge in [0.25, 0.3) is 15.9 Å². The van der Waals surface area contributed by atoms with Crippen molar-refractivity contribution in [3.05, 3.63) is 59.7 Å². The van der Waals surface area contributed by atoms with Crippen molar-refractivity contribution in [1.82, 2.24) is 9.79 Å². The van der Waals surface area contributed by atoms with E-state index in [1.807, 2.05) is 12.1 Å². The van der Waals surface area contributed by atoms with Crippen LogP contribution in [0.25, 0.3) is 0 Å². The molecule has 2 aromatic rings. The first kappa shape index (κ1) is 21.9. The number of hydrogen-bond donors (Lipinski definition) is 1. The molecule has 0 fully saturated rings. The van der Waals surface area contributed by atoms with Crippen molar-refractivity contribution in [2.75, 3.05) is 38.7 Å². The molecule has 8 heteroatoms. The summed E-state index contributed by atoms with van der Waals surface area (Å²) in [5, 5.41) is 2.88. The van der Waals surface area contributed by atoms with Gasteiger partial charge in [-0.3, -0.25) is 9.63 Å². The second-order valence-electron chi connectivity index (χ2n) is 6.24. The summed E-state index contributed by atoms with van der Waals surface area (Å²) in [7, 11) is -1.14. The highest BCUT2D eigenvalue weighted by Crippen LogP contribution is 2.18. The van der Waals surface area contributed by atoms with Crippen LogP contribution in [0, 0.1) is 6.92 Å². The van der Waals surface area contributed by atoms with Crippen molar-refractivity contribution < 1.29 is 18.0 Å². The maximum atomic E-state index is 12.4. The molecular formula is C20H27N3O4S. The number of aryl methyl sites for hydroxylation is 1. The largest absolute Gasteiger partial charge is 0.370 e. The molecular weight excluding hydrogens is 378 g/mol. The number of hydrogen-bond acceptors (Lipinski definition) is 5. The summed E-state index contributed by atoms with van der Waals surface area (Å²) in [5.74, 6) is -0.245. The van der Waals surface area contributed by atoms with Gasteiger partial charge in [-0.05, 0) is 49.7 Å². The van der Waals surface area contributed by atoms with E-state index in [9.17, 15) is 13.2 Å². The monoisotopic (exact) mass is 405 g/mol. The van der Waals surface area contributed by atoms with Crippen molar-refractivity contribution >= 4 is 21.6 Å². The van der Waals surface area contributed by atoms with Gasteiger partial charge >= 0.3 is 0 Å². The molecule has 0 heterocycles. The number of nitrogens with one attached hydrogen (secondary N) is 1. The maximum absolute atomic E-state index is 12.4. The highest BCUT2D eigenvalue weighted by Gasteiger charge is 2.21. The molecule has 0 aliphatic rings. The van der Waals surface area contributed by atoms with E-state index in [-0.39, 0.29) is 10.8 Å². The third-order valence-corrected chi connectivity index (χ3v) is 6.21. The number of likely N-dealkylation sites (N-methyl/N-ethyl adjacent to an activating group) is 1. The minimum Gasteiger partial charge on any atom is -0.370 e. The average molecular weight is 406 g/mol. The van der Waals surface area contributed by atoms with Crippen LogP contribution in [-0.4, -0.2) is 52.6 Å². The molecule has 0 aliphatic carbocycles. The Balaban J connectivity index is 1.97. The van der Waals surface area contributed by atoms with Crippen molar-refractivity contribution in [1.29, 1.82) is 0 Å². The molecule has 1 N–H and O–H groups in total.